The van der Waals surface area contributed by atoms with Crippen molar-refractivity contribution in [2.24, 2.45) is 0 Å². The van der Waals surface area contributed by atoms with E-state index in [1.165, 1.54) is 6.92 Å². The first-order chi connectivity index (χ1) is 8.30. The van der Waals surface area contributed by atoms with Crippen LogP contribution in [0.15, 0.2) is 18.2 Å². The molecule has 1 atom stereocenters. The maximum Gasteiger partial charge on any atom is 0.380 e. The van der Waals surface area contributed by atoms with E-state index < -0.39 is 35.2 Å². The minimum absolute atomic E-state index is 0.312. The van der Waals surface area contributed by atoms with Crippen LogP contribution in [0, 0.1) is 11.6 Å². The monoisotopic (exact) mass is 266 g/mol. The van der Waals surface area contributed by atoms with Crippen LogP contribution in [0.2, 0.25) is 0 Å². The molecule has 7 heteroatoms. The highest BCUT2D eigenvalue weighted by Crippen LogP contribution is 2.33. The van der Waals surface area contributed by atoms with Crippen molar-refractivity contribution in [1.29, 1.82) is 0 Å². The molecule has 0 bridgehead atoms. The fraction of sp³-hybridized carbons (Fsp3) is 0.364. The van der Waals surface area contributed by atoms with E-state index in [1.54, 1.807) is 0 Å². The molecule has 0 aliphatic heterocycles. The first-order valence-corrected chi connectivity index (χ1v) is 4.98. The molecule has 0 saturated carbocycles. The van der Waals surface area contributed by atoms with E-state index in [2.05, 4.69) is 4.74 Å². The molecule has 1 unspecified atom stereocenters. The number of benzene rings is 1. The van der Waals surface area contributed by atoms with E-state index >= 15 is 0 Å². The van der Waals surface area contributed by atoms with Crippen LogP contribution in [0.1, 0.15) is 18.6 Å². The smallest absolute Gasteiger partial charge is 0.380 e. The zero-order chi connectivity index (χ0) is 13.9. The van der Waals surface area contributed by atoms with Gasteiger partial charge in [-0.15, -0.1) is 0 Å². The Balaban J connectivity index is 3.05. The van der Waals surface area contributed by atoms with Crippen molar-refractivity contribution >= 4 is 5.97 Å². The SMILES string of the molecule is CCOC(=O)C(F)(F)C(O)c1ccc(F)cc1F. The molecule has 0 aliphatic rings. The van der Waals surface area contributed by atoms with Gasteiger partial charge in [0, 0.05) is 11.6 Å². The number of hydrogen-bond acceptors (Lipinski definition) is 3. The summed E-state index contributed by atoms with van der Waals surface area (Å²) >= 11 is 0. The van der Waals surface area contributed by atoms with E-state index in [0.717, 1.165) is 0 Å². The molecule has 0 fully saturated rings. The van der Waals surface area contributed by atoms with Crippen molar-refractivity contribution in [3.8, 4) is 0 Å². The van der Waals surface area contributed by atoms with E-state index in [4.69, 9.17) is 0 Å². The molecule has 0 aromatic heterocycles. The quantitative estimate of drug-likeness (QED) is 0.671. The van der Waals surface area contributed by atoms with Gasteiger partial charge in [0.1, 0.15) is 11.6 Å². The third-order valence-electron chi connectivity index (χ3n) is 2.15. The molecule has 18 heavy (non-hydrogen) atoms. The molecule has 0 heterocycles. The van der Waals surface area contributed by atoms with Gasteiger partial charge in [-0.25, -0.2) is 13.6 Å². The summed E-state index contributed by atoms with van der Waals surface area (Å²) in [6, 6.07) is 1.67. The summed E-state index contributed by atoms with van der Waals surface area (Å²) in [5.74, 6) is -8.63. The Labute approximate surface area is 100.0 Å². The fourth-order valence-corrected chi connectivity index (χ4v) is 1.26. The number of carbonyl (C=O) groups is 1. The maximum atomic E-state index is 13.4. The number of esters is 1. The highest BCUT2D eigenvalue weighted by Gasteiger charge is 2.49. The van der Waals surface area contributed by atoms with Gasteiger partial charge in [0.2, 0.25) is 0 Å². The topological polar surface area (TPSA) is 46.5 Å². The standard InChI is InChI=1S/C11H10F4O3/c1-2-18-10(17)11(14,15)9(16)7-4-3-6(12)5-8(7)13/h3-5,9,16H,2H2,1H3. The second-order valence-corrected chi connectivity index (χ2v) is 3.41. The van der Waals surface area contributed by atoms with Gasteiger partial charge in [-0.05, 0) is 13.0 Å². The molecule has 0 spiro atoms. The summed E-state index contributed by atoms with van der Waals surface area (Å²) < 4.78 is 56.6. The van der Waals surface area contributed by atoms with Crippen LogP contribution in [0.4, 0.5) is 17.6 Å². The molecule has 1 aromatic rings. The van der Waals surface area contributed by atoms with Gasteiger partial charge >= 0.3 is 11.9 Å². The lowest BCUT2D eigenvalue weighted by Gasteiger charge is -2.21. The van der Waals surface area contributed by atoms with Crippen molar-refractivity contribution < 1.29 is 32.2 Å². The normalized spacial score (nSPS) is 13.2. The summed E-state index contributed by atoms with van der Waals surface area (Å²) in [5, 5.41) is 9.30. The van der Waals surface area contributed by atoms with E-state index in [-0.39, 0.29) is 6.61 Å². The molecule has 0 saturated heterocycles. The molecule has 0 radical (unpaired) electrons. The van der Waals surface area contributed by atoms with Gasteiger partial charge in [0.25, 0.3) is 0 Å². The summed E-state index contributed by atoms with van der Waals surface area (Å²) in [6.45, 7) is 0.992. The molecule has 1 aromatic carbocycles. The first-order valence-electron chi connectivity index (χ1n) is 4.98. The van der Waals surface area contributed by atoms with Crippen molar-refractivity contribution in [2.45, 2.75) is 19.0 Å². The number of hydrogen-bond donors (Lipinski definition) is 1. The Bertz CT molecular complexity index is 448. The highest BCUT2D eigenvalue weighted by atomic mass is 19.3. The van der Waals surface area contributed by atoms with Crippen LogP contribution < -0.4 is 0 Å². The van der Waals surface area contributed by atoms with Crippen LogP contribution in [0.5, 0.6) is 0 Å². The van der Waals surface area contributed by atoms with Gasteiger partial charge in [0.15, 0.2) is 6.10 Å². The number of aliphatic hydroxyl groups excluding tert-OH is 1. The van der Waals surface area contributed by atoms with E-state index in [9.17, 15) is 27.5 Å². The van der Waals surface area contributed by atoms with E-state index in [0.29, 0.717) is 18.2 Å². The molecular formula is C11H10F4O3. The second-order valence-electron chi connectivity index (χ2n) is 3.41. The minimum atomic E-state index is -4.31. The third kappa shape index (κ3) is 2.79. The van der Waals surface area contributed by atoms with Gasteiger partial charge < -0.3 is 9.84 Å². The number of alkyl halides is 2. The van der Waals surface area contributed by atoms with Crippen LogP contribution in [-0.4, -0.2) is 23.6 Å². The Morgan fingerprint density at radius 3 is 2.56 bits per heavy atom. The van der Waals surface area contributed by atoms with Gasteiger partial charge in [-0.2, -0.15) is 8.78 Å². The fourth-order valence-electron chi connectivity index (χ4n) is 1.26. The first kappa shape index (κ1) is 14.4. The molecule has 1 rings (SSSR count). The van der Waals surface area contributed by atoms with Gasteiger partial charge in [-0.3, -0.25) is 0 Å². The Hall–Kier alpha value is -1.63. The van der Waals surface area contributed by atoms with Crippen molar-refractivity contribution in [1.82, 2.24) is 0 Å². The van der Waals surface area contributed by atoms with Crippen LogP contribution in [0.3, 0.4) is 0 Å². The molecule has 1 N–H and O–H groups in total. The largest absolute Gasteiger partial charge is 0.461 e. The van der Waals surface area contributed by atoms with Crippen molar-refractivity contribution in [3.63, 3.8) is 0 Å². The van der Waals surface area contributed by atoms with Gasteiger partial charge in [-0.1, -0.05) is 6.07 Å². The molecular weight excluding hydrogens is 256 g/mol. The summed E-state index contributed by atoms with van der Waals surface area (Å²) in [4.78, 5) is 10.9. The predicted octanol–water partition coefficient (Wildman–Crippen LogP) is 2.20. The Kier molecular flexibility index (Phi) is 4.28. The zero-order valence-electron chi connectivity index (χ0n) is 9.29. The zero-order valence-corrected chi connectivity index (χ0v) is 9.29. The summed E-state index contributed by atoms with van der Waals surface area (Å²) in [7, 11) is 0. The molecule has 3 nitrogen and oxygen atoms in total. The molecule has 100 valence electrons. The Morgan fingerprint density at radius 1 is 1.44 bits per heavy atom. The van der Waals surface area contributed by atoms with Crippen molar-refractivity contribution in [3.05, 3.63) is 35.4 Å². The number of halogens is 4. The minimum Gasteiger partial charge on any atom is -0.461 e. The van der Waals surface area contributed by atoms with Crippen molar-refractivity contribution in [2.75, 3.05) is 6.61 Å². The van der Waals surface area contributed by atoms with Crippen LogP contribution in [-0.2, 0) is 9.53 Å². The van der Waals surface area contributed by atoms with Crippen LogP contribution in [0.25, 0.3) is 0 Å². The lowest BCUT2D eigenvalue weighted by Crippen LogP contribution is -2.37. The predicted molar refractivity (Wildman–Crippen MR) is 52.9 cm³/mol. The summed E-state index contributed by atoms with van der Waals surface area (Å²) in [6.07, 6.45) is -2.74. The average molecular weight is 266 g/mol. The van der Waals surface area contributed by atoms with Gasteiger partial charge in [0.05, 0.1) is 6.61 Å². The summed E-state index contributed by atoms with van der Waals surface area (Å²) in [5.41, 5.74) is -0.880. The second kappa shape index (κ2) is 5.34. The average Bonchev–Trinajstić information content (AvgIpc) is 2.28. The molecule has 0 aliphatic carbocycles. The lowest BCUT2D eigenvalue weighted by molar-refractivity contribution is -0.189. The Morgan fingerprint density at radius 2 is 2.06 bits per heavy atom. The van der Waals surface area contributed by atoms with E-state index in [1.807, 2.05) is 0 Å². The van der Waals surface area contributed by atoms with Crippen LogP contribution >= 0.6 is 0 Å². The maximum absolute atomic E-state index is 13.4. The number of carbonyl (C=O) groups excluding carboxylic acids is 1. The number of rotatable bonds is 4. The molecule has 0 amide bonds. The number of aliphatic hydroxyl groups is 1. The lowest BCUT2D eigenvalue weighted by atomic mass is 10.0. The third-order valence-corrected chi connectivity index (χ3v) is 2.15. The number of ether oxygens (including phenoxy) is 1. The highest BCUT2D eigenvalue weighted by molar-refractivity contribution is 5.78.